The Morgan fingerprint density at radius 3 is 2.46 bits per heavy atom. The van der Waals surface area contributed by atoms with E-state index in [2.05, 4.69) is 15.6 Å². The molecule has 3 aromatic rings. The van der Waals surface area contributed by atoms with Crippen LogP contribution in [0.1, 0.15) is 18.5 Å². The number of fused-ring (bicyclic) bond motifs is 1. The quantitative estimate of drug-likeness (QED) is 0.659. The summed E-state index contributed by atoms with van der Waals surface area (Å²) in [6.45, 7) is 1.93. The normalized spacial score (nSPS) is 15.1. The summed E-state index contributed by atoms with van der Waals surface area (Å²) >= 11 is 6.07. The smallest absolute Gasteiger partial charge is 0.181 e. The molecule has 1 aliphatic rings. The molecule has 4 rings (SSSR count). The molecule has 0 aliphatic heterocycles. The Balaban J connectivity index is 1.80. The third kappa shape index (κ3) is 2.43. The molecular weight excluding hydrogens is 344 g/mol. The minimum Gasteiger partial charge on any atom is -0.343 e. The van der Waals surface area contributed by atoms with Crippen LogP contribution in [0.25, 0.3) is 22.2 Å². The summed E-state index contributed by atoms with van der Waals surface area (Å²) in [6.07, 6.45) is 1.56. The lowest BCUT2D eigenvalue weighted by Gasteiger charge is -2.07. The fourth-order valence-electron chi connectivity index (χ4n) is 3.11. The molecule has 4 nitrogen and oxygen atoms in total. The predicted molar refractivity (Wildman–Crippen MR) is 96.1 cm³/mol. The van der Waals surface area contributed by atoms with Crippen LogP contribution in [-0.2, 0) is 16.9 Å². The number of benzene rings is 1. The van der Waals surface area contributed by atoms with E-state index >= 15 is 0 Å². The van der Waals surface area contributed by atoms with Crippen molar-refractivity contribution in [1.82, 2.24) is 9.55 Å². The van der Waals surface area contributed by atoms with E-state index < -0.39 is 9.84 Å². The number of aryl methyl sites for hydroxylation is 2. The standard InChI is InChI=1S/C18H17ClN2O2S/c1-11-15-9-16(21(2)17(15)10-18(19)20-11)12-3-5-13(6-4-12)24(22,23)14-7-8-14/h3-6,9-10,14H,7-8H2,1-2H3. The Bertz CT molecular complexity index is 1050. The van der Waals surface area contributed by atoms with Crippen molar-refractivity contribution in [3.63, 3.8) is 0 Å². The lowest BCUT2D eigenvalue weighted by Crippen LogP contribution is -2.06. The molecule has 1 fully saturated rings. The van der Waals surface area contributed by atoms with E-state index in [1.807, 2.05) is 32.2 Å². The van der Waals surface area contributed by atoms with E-state index in [0.717, 1.165) is 40.7 Å². The molecule has 0 amide bonds. The maximum absolute atomic E-state index is 12.3. The highest BCUT2D eigenvalue weighted by Crippen LogP contribution is 2.35. The molecule has 0 atom stereocenters. The molecule has 0 spiro atoms. The highest BCUT2D eigenvalue weighted by atomic mass is 35.5. The van der Waals surface area contributed by atoms with Crippen molar-refractivity contribution in [1.29, 1.82) is 0 Å². The molecule has 2 aromatic heterocycles. The SMILES string of the molecule is Cc1nc(Cl)cc2c1cc(-c1ccc(S(=O)(=O)C3CC3)cc1)n2C. The third-order valence-electron chi connectivity index (χ3n) is 4.64. The largest absolute Gasteiger partial charge is 0.343 e. The van der Waals surface area contributed by atoms with Crippen LogP contribution in [0.2, 0.25) is 5.15 Å². The molecule has 1 aromatic carbocycles. The van der Waals surface area contributed by atoms with Crippen molar-refractivity contribution < 1.29 is 8.42 Å². The number of aromatic nitrogens is 2. The second-order valence-corrected chi connectivity index (χ2v) is 8.94. The second-order valence-electron chi connectivity index (χ2n) is 6.32. The molecule has 0 radical (unpaired) electrons. The van der Waals surface area contributed by atoms with Crippen molar-refractivity contribution in [2.75, 3.05) is 0 Å². The Morgan fingerprint density at radius 2 is 1.83 bits per heavy atom. The summed E-state index contributed by atoms with van der Waals surface area (Å²) in [6, 6.07) is 11.1. The highest BCUT2D eigenvalue weighted by molar-refractivity contribution is 7.92. The summed E-state index contributed by atoms with van der Waals surface area (Å²) in [5, 5.41) is 1.34. The number of halogens is 1. The molecule has 0 bridgehead atoms. The van der Waals surface area contributed by atoms with Crippen LogP contribution in [0.5, 0.6) is 0 Å². The van der Waals surface area contributed by atoms with Gasteiger partial charge in [-0.25, -0.2) is 13.4 Å². The first-order chi connectivity index (χ1) is 11.4. The van der Waals surface area contributed by atoms with Crippen molar-refractivity contribution in [2.24, 2.45) is 7.05 Å². The second kappa shape index (κ2) is 5.33. The Kier molecular flexibility index (Phi) is 3.48. The topological polar surface area (TPSA) is 52.0 Å². The molecular formula is C18H17ClN2O2S. The minimum absolute atomic E-state index is 0.183. The Labute approximate surface area is 146 Å². The first kappa shape index (κ1) is 15.7. The van der Waals surface area contributed by atoms with E-state index in [4.69, 9.17) is 11.6 Å². The van der Waals surface area contributed by atoms with E-state index in [1.54, 1.807) is 12.1 Å². The Morgan fingerprint density at radius 1 is 1.17 bits per heavy atom. The molecule has 24 heavy (non-hydrogen) atoms. The monoisotopic (exact) mass is 360 g/mol. The van der Waals surface area contributed by atoms with Gasteiger partial charge in [-0.15, -0.1) is 0 Å². The molecule has 0 unspecified atom stereocenters. The van der Waals surface area contributed by atoms with Gasteiger partial charge in [-0.05, 0) is 49.6 Å². The van der Waals surface area contributed by atoms with Crippen molar-refractivity contribution >= 4 is 32.3 Å². The van der Waals surface area contributed by atoms with Gasteiger partial charge in [-0.3, -0.25) is 0 Å². The lowest BCUT2D eigenvalue weighted by atomic mass is 10.1. The van der Waals surface area contributed by atoms with Gasteiger partial charge in [-0.1, -0.05) is 23.7 Å². The van der Waals surface area contributed by atoms with Crippen LogP contribution >= 0.6 is 11.6 Å². The van der Waals surface area contributed by atoms with Gasteiger partial charge in [0, 0.05) is 23.8 Å². The van der Waals surface area contributed by atoms with Crippen LogP contribution in [0.3, 0.4) is 0 Å². The highest BCUT2D eigenvalue weighted by Gasteiger charge is 2.36. The van der Waals surface area contributed by atoms with Crippen LogP contribution in [0, 0.1) is 6.92 Å². The third-order valence-corrected chi connectivity index (χ3v) is 7.11. The summed E-state index contributed by atoms with van der Waals surface area (Å²) in [5.41, 5.74) is 3.87. The van der Waals surface area contributed by atoms with E-state index in [-0.39, 0.29) is 5.25 Å². The summed E-state index contributed by atoms with van der Waals surface area (Å²) < 4.78 is 26.7. The summed E-state index contributed by atoms with van der Waals surface area (Å²) in [5.74, 6) is 0. The molecule has 124 valence electrons. The number of pyridine rings is 1. The number of rotatable bonds is 3. The van der Waals surface area contributed by atoms with E-state index in [1.165, 1.54) is 0 Å². The Hall–Kier alpha value is -1.85. The van der Waals surface area contributed by atoms with Gasteiger partial charge >= 0.3 is 0 Å². The fourth-order valence-corrected chi connectivity index (χ4v) is 5.00. The summed E-state index contributed by atoms with van der Waals surface area (Å²) in [7, 11) is -1.17. The zero-order chi connectivity index (χ0) is 17.1. The molecule has 0 N–H and O–H groups in total. The van der Waals surface area contributed by atoms with Crippen LogP contribution in [0.4, 0.5) is 0 Å². The average Bonchev–Trinajstić information content (AvgIpc) is 3.34. The van der Waals surface area contributed by atoms with E-state index in [9.17, 15) is 8.42 Å². The molecule has 1 aliphatic carbocycles. The fraction of sp³-hybridized carbons (Fsp3) is 0.278. The van der Waals surface area contributed by atoms with Gasteiger partial charge in [0.25, 0.3) is 0 Å². The molecule has 2 heterocycles. The van der Waals surface area contributed by atoms with Crippen molar-refractivity contribution in [3.8, 4) is 11.3 Å². The van der Waals surface area contributed by atoms with Gasteiger partial charge < -0.3 is 4.57 Å². The van der Waals surface area contributed by atoms with E-state index in [0.29, 0.717) is 10.0 Å². The molecule has 6 heteroatoms. The minimum atomic E-state index is -3.15. The number of hydrogen-bond donors (Lipinski definition) is 0. The van der Waals surface area contributed by atoms with Gasteiger partial charge in [-0.2, -0.15) is 0 Å². The van der Waals surface area contributed by atoms with Crippen LogP contribution < -0.4 is 0 Å². The maximum atomic E-state index is 12.3. The van der Waals surface area contributed by atoms with Crippen LogP contribution in [0.15, 0.2) is 41.3 Å². The zero-order valence-corrected chi connectivity index (χ0v) is 15.0. The number of nitrogens with zero attached hydrogens (tertiary/aromatic N) is 2. The number of hydrogen-bond acceptors (Lipinski definition) is 3. The predicted octanol–water partition coefficient (Wildman–Crippen LogP) is 4.14. The average molecular weight is 361 g/mol. The zero-order valence-electron chi connectivity index (χ0n) is 13.5. The lowest BCUT2D eigenvalue weighted by molar-refractivity contribution is 0.595. The van der Waals surface area contributed by atoms with Crippen molar-refractivity contribution in [2.45, 2.75) is 29.9 Å². The molecule has 0 saturated heterocycles. The van der Waals surface area contributed by atoms with Gasteiger partial charge in [0.1, 0.15) is 5.15 Å². The number of sulfone groups is 1. The first-order valence-electron chi connectivity index (χ1n) is 7.85. The van der Waals surface area contributed by atoms with Gasteiger partial charge in [0.05, 0.1) is 15.7 Å². The van der Waals surface area contributed by atoms with Gasteiger partial charge in [0.2, 0.25) is 0 Å². The first-order valence-corrected chi connectivity index (χ1v) is 9.77. The molecule has 1 saturated carbocycles. The summed E-state index contributed by atoms with van der Waals surface area (Å²) in [4.78, 5) is 4.71. The van der Waals surface area contributed by atoms with Gasteiger partial charge in [0.15, 0.2) is 9.84 Å². The van der Waals surface area contributed by atoms with Crippen LogP contribution in [-0.4, -0.2) is 23.2 Å². The maximum Gasteiger partial charge on any atom is 0.181 e. The van der Waals surface area contributed by atoms with Crippen molar-refractivity contribution in [3.05, 3.63) is 47.2 Å².